The Labute approximate surface area is 127 Å². The van der Waals surface area contributed by atoms with Crippen molar-refractivity contribution in [2.45, 2.75) is 13.3 Å². The van der Waals surface area contributed by atoms with E-state index in [0.29, 0.717) is 30.1 Å². The fourth-order valence-electron chi connectivity index (χ4n) is 2.11. The Morgan fingerprint density at radius 3 is 2.90 bits per heavy atom. The summed E-state index contributed by atoms with van der Waals surface area (Å²) >= 11 is 1.36. The van der Waals surface area contributed by atoms with Crippen molar-refractivity contribution < 1.29 is 9.53 Å². The lowest BCUT2D eigenvalue weighted by atomic mass is 10.2. The molecule has 21 heavy (non-hydrogen) atoms. The molecule has 0 aliphatic carbocycles. The van der Waals surface area contributed by atoms with Crippen LogP contribution in [0.5, 0.6) is 5.75 Å². The lowest BCUT2D eigenvalue weighted by Crippen LogP contribution is -2.31. The first-order valence-corrected chi connectivity index (χ1v) is 7.46. The van der Waals surface area contributed by atoms with E-state index in [1.807, 2.05) is 25.1 Å². The Hall–Kier alpha value is -2.26. The first-order valence-electron chi connectivity index (χ1n) is 6.64. The van der Waals surface area contributed by atoms with Crippen molar-refractivity contribution in [3.05, 3.63) is 23.1 Å². The number of ether oxygens (including phenoxy) is 1. The second-order valence-corrected chi connectivity index (χ2v) is 5.55. The number of methoxy groups -OCH3 is 1. The molecule has 1 amide bonds. The number of thiophene rings is 1. The molecule has 2 aromatic rings. The average Bonchev–Trinajstić information content (AvgIpc) is 2.84. The maximum Gasteiger partial charge on any atom is 0.266 e. The number of amides is 1. The van der Waals surface area contributed by atoms with E-state index in [1.54, 1.807) is 12.0 Å². The number of rotatable bonds is 5. The van der Waals surface area contributed by atoms with Crippen molar-refractivity contribution in [2.75, 3.05) is 25.9 Å². The molecule has 0 saturated heterocycles. The van der Waals surface area contributed by atoms with Crippen LogP contribution in [0.1, 0.15) is 23.0 Å². The Kier molecular flexibility index (Phi) is 4.66. The summed E-state index contributed by atoms with van der Waals surface area (Å²) in [5, 5.41) is 9.53. The zero-order valence-corrected chi connectivity index (χ0v) is 12.9. The highest BCUT2D eigenvalue weighted by Gasteiger charge is 2.21. The van der Waals surface area contributed by atoms with Gasteiger partial charge in [-0.05, 0) is 25.1 Å². The quantitative estimate of drug-likeness (QED) is 0.921. The van der Waals surface area contributed by atoms with Crippen molar-refractivity contribution in [3.63, 3.8) is 0 Å². The summed E-state index contributed by atoms with van der Waals surface area (Å²) < 4.78 is 6.11. The number of hydrogen-bond acceptors (Lipinski definition) is 5. The summed E-state index contributed by atoms with van der Waals surface area (Å²) in [5.74, 6) is 0.616. The standard InChI is InChI=1S/C15H17N3O2S/c1-3-18(8-4-7-16)15(19)14-13(17)11-6-5-10(20-2)9-12(11)21-14/h5-6,9H,3-4,8,17H2,1-2H3. The molecule has 1 aromatic carbocycles. The van der Waals surface area contributed by atoms with Gasteiger partial charge in [0.25, 0.3) is 5.91 Å². The van der Waals surface area contributed by atoms with Gasteiger partial charge in [0.1, 0.15) is 10.6 Å². The van der Waals surface area contributed by atoms with Crippen LogP contribution in [0.3, 0.4) is 0 Å². The molecule has 0 radical (unpaired) electrons. The second-order valence-electron chi connectivity index (χ2n) is 4.50. The van der Waals surface area contributed by atoms with Crippen LogP contribution in [-0.2, 0) is 0 Å². The van der Waals surface area contributed by atoms with Gasteiger partial charge < -0.3 is 15.4 Å². The van der Waals surface area contributed by atoms with Gasteiger partial charge in [-0.1, -0.05) is 0 Å². The van der Waals surface area contributed by atoms with Gasteiger partial charge >= 0.3 is 0 Å². The topological polar surface area (TPSA) is 79.3 Å². The van der Waals surface area contributed by atoms with E-state index in [-0.39, 0.29) is 5.91 Å². The Balaban J connectivity index is 2.39. The van der Waals surface area contributed by atoms with Gasteiger partial charge in [0.2, 0.25) is 0 Å². The van der Waals surface area contributed by atoms with Gasteiger partial charge in [-0.2, -0.15) is 5.26 Å². The summed E-state index contributed by atoms with van der Waals surface area (Å²) in [6.45, 7) is 2.86. The van der Waals surface area contributed by atoms with Crippen LogP contribution in [0.2, 0.25) is 0 Å². The van der Waals surface area contributed by atoms with Crippen LogP contribution in [0.25, 0.3) is 10.1 Å². The largest absolute Gasteiger partial charge is 0.497 e. The number of benzene rings is 1. The van der Waals surface area contributed by atoms with E-state index < -0.39 is 0 Å². The number of carbonyl (C=O) groups is 1. The van der Waals surface area contributed by atoms with Crippen LogP contribution in [-0.4, -0.2) is 31.0 Å². The van der Waals surface area contributed by atoms with Crippen molar-refractivity contribution in [1.82, 2.24) is 4.90 Å². The minimum absolute atomic E-state index is 0.120. The van der Waals surface area contributed by atoms with Crippen molar-refractivity contribution >= 4 is 33.0 Å². The van der Waals surface area contributed by atoms with Crippen LogP contribution < -0.4 is 10.5 Å². The van der Waals surface area contributed by atoms with Gasteiger partial charge in [-0.3, -0.25) is 4.79 Å². The van der Waals surface area contributed by atoms with Crippen molar-refractivity contribution in [3.8, 4) is 11.8 Å². The van der Waals surface area contributed by atoms with E-state index >= 15 is 0 Å². The Morgan fingerprint density at radius 1 is 1.52 bits per heavy atom. The van der Waals surface area contributed by atoms with Gasteiger partial charge in [0.05, 0.1) is 25.3 Å². The number of hydrogen-bond donors (Lipinski definition) is 1. The van der Waals surface area contributed by atoms with Crippen LogP contribution >= 0.6 is 11.3 Å². The molecule has 0 atom stereocenters. The molecule has 2 N–H and O–H groups in total. The summed E-state index contributed by atoms with van der Waals surface area (Å²) in [7, 11) is 1.60. The lowest BCUT2D eigenvalue weighted by molar-refractivity contribution is 0.0773. The zero-order valence-electron chi connectivity index (χ0n) is 12.0. The average molecular weight is 303 g/mol. The molecule has 0 saturated carbocycles. The third-order valence-electron chi connectivity index (χ3n) is 3.29. The lowest BCUT2D eigenvalue weighted by Gasteiger charge is -2.18. The SMILES string of the molecule is CCN(CCC#N)C(=O)c1sc2cc(OC)ccc2c1N. The molecule has 0 aliphatic rings. The van der Waals surface area contributed by atoms with Gasteiger partial charge in [0.15, 0.2) is 0 Å². The van der Waals surface area contributed by atoms with Gasteiger partial charge in [-0.25, -0.2) is 0 Å². The summed E-state index contributed by atoms with van der Waals surface area (Å²) in [6.07, 6.45) is 0.318. The van der Waals surface area contributed by atoms with E-state index in [1.165, 1.54) is 11.3 Å². The predicted octanol–water partition coefficient (Wildman–Crippen LogP) is 2.87. The molecular formula is C15H17N3O2S. The number of anilines is 1. The summed E-state index contributed by atoms with van der Waals surface area (Å²) in [4.78, 5) is 14.7. The third-order valence-corrected chi connectivity index (χ3v) is 4.45. The van der Waals surface area contributed by atoms with Crippen LogP contribution in [0.4, 0.5) is 5.69 Å². The van der Waals surface area contributed by atoms with Crippen molar-refractivity contribution in [2.24, 2.45) is 0 Å². The van der Waals surface area contributed by atoms with Crippen LogP contribution in [0, 0.1) is 11.3 Å². The molecular weight excluding hydrogens is 286 g/mol. The molecule has 6 heteroatoms. The number of carbonyl (C=O) groups excluding carboxylic acids is 1. The smallest absolute Gasteiger partial charge is 0.266 e. The van der Waals surface area contributed by atoms with E-state index in [9.17, 15) is 4.79 Å². The minimum atomic E-state index is -0.120. The highest BCUT2D eigenvalue weighted by atomic mass is 32.1. The number of nitrogens with zero attached hydrogens (tertiary/aromatic N) is 2. The maximum absolute atomic E-state index is 12.5. The molecule has 0 aliphatic heterocycles. The highest BCUT2D eigenvalue weighted by molar-refractivity contribution is 7.21. The van der Waals surface area contributed by atoms with Crippen molar-refractivity contribution in [1.29, 1.82) is 5.26 Å². The normalized spacial score (nSPS) is 10.3. The van der Waals surface area contributed by atoms with Crippen LogP contribution in [0.15, 0.2) is 18.2 Å². The summed E-state index contributed by atoms with van der Waals surface area (Å²) in [6, 6.07) is 7.62. The minimum Gasteiger partial charge on any atom is -0.497 e. The maximum atomic E-state index is 12.5. The number of nitrogens with two attached hydrogens (primary N) is 1. The molecule has 1 heterocycles. The molecule has 0 bridgehead atoms. The molecule has 110 valence electrons. The van der Waals surface area contributed by atoms with Gasteiger partial charge in [0, 0.05) is 23.2 Å². The second kappa shape index (κ2) is 6.46. The zero-order chi connectivity index (χ0) is 15.4. The molecule has 0 spiro atoms. The molecule has 0 fully saturated rings. The third kappa shape index (κ3) is 2.93. The highest BCUT2D eigenvalue weighted by Crippen LogP contribution is 2.36. The fraction of sp³-hybridized carbons (Fsp3) is 0.333. The Bertz CT molecular complexity index is 703. The number of nitriles is 1. The number of fused-ring (bicyclic) bond motifs is 1. The summed E-state index contributed by atoms with van der Waals surface area (Å²) in [5.41, 5.74) is 6.61. The predicted molar refractivity (Wildman–Crippen MR) is 84.6 cm³/mol. The number of nitrogen functional groups attached to an aromatic ring is 1. The van der Waals surface area contributed by atoms with Gasteiger partial charge in [-0.15, -0.1) is 11.3 Å². The molecule has 5 nitrogen and oxygen atoms in total. The monoisotopic (exact) mass is 303 g/mol. The Morgan fingerprint density at radius 2 is 2.29 bits per heavy atom. The van der Waals surface area contributed by atoms with E-state index in [2.05, 4.69) is 6.07 Å². The van der Waals surface area contributed by atoms with E-state index in [0.717, 1.165) is 15.8 Å². The van der Waals surface area contributed by atoms with E-state index in [4.69, 9.17) is 15.7 Å². The molecule has 1 aromatic heterocycles. The first-order chi connectivity index (χ1) is 10.1. The molecule has 2 rings (SSSR count). The fourth-order valence-corrected chi connectivity index (χ4v) is 3.23. The molecule has 0 unspecified atom stereocenters. The first kappa shape index (κ1) is 15.1.